The quantitative estimate of drug-likeness (QED) is 0.515. The summed E-state index contributed by atoms with van der Waals surface area (Å²) in [7, 11) is 1.58. The molecule has 0 aromatic heterocycles. The SMILES string of the molecule is COc1ccc(C(=O)N/N=C/C2=Cc3ccccc3OC2c2ccccc2)cc1. The van der Waals surface area contributed by atoms with Gasteiger partial charge in [-0.25, -0.2) is 5.43 Å². The molecule has 0 fully saturated rings. The lowest BCUT2D eigenvalue weighted by molar-refractivity contribution is 0.0955. The van der Waals surface area contributed by atoms with Gasteiger partial charge in [-0.1, -0.05) is 48.5 Å². The number of hydrogen-bond donors (Lipinski definition) is 1. The molecule has 1 aliphatic heterocycles. The molecule has 5 nitrogen and oxygen atoms in total. The van der Waals surface area contributed by atoms with Crippen LogP contribution in [0.2, 0.25) is 0 Å². The van der Waals surface area contributed by atoms with Crippen molar-refractivity contribution in [2.75, 3.05) is 7.11 Å². The van der Waals surface area contributed by atoms with Crippen LogP contribution in [0, 0.1) is 0 Å². The van der Waals surface area contributed by atoms with Crippen LogP contribution in [0.5, 0.6) is 11.5 Å². The first-order valence-corrected chi connectivity index (χ1v) is 9.24. The van der Waals surface area contributed by atoms with E-state index in [-0.39, 0.29) is 12.0 Å². The van der Waals surface area contributed by atoms with E-state index in [1.54, 1.807) is 37.6 Å². The Morgan fingerprint density at radius 2 is 1.72 bits per heavy atom. The fourth-order valence-corrected chi connectivity index (χ4v) is 3.12. The summed E-state index contributed by atoms with van der Waals surface area (Å²) in [6.45, 7) is 0. The van der Waals surface area contributed by atoms with Gasteiger partial charge in [0.25, 0.3) is 5.91 Å². The molecule has 0 spiro atoms. The van der Waals surface area contributed by atoms with E-state index in [1.807, 2.05) is 60.7 Å². The minimum absolute atomic E-state index is 0.294. The Balaban J connectivity index is 1.55. The normalized spacial score (nSPS) is 15.2. The van der Waals surface area contributed by atoms with Crippen molar-refractivity contribution in [2.45, 2.75) is 6.10 Å². The Hall–Kier alpha value is -3.86. The summed E-state index contributed by atoms with van der Waals surface area (Å²) in [4.78, 5) is 12.3. The Bertz CT molecular complexity index is 1060. The Kier molecular flexibility index (Phi) is 5.38. The largest absolute Gasteiger partial charge is 0.497 e. The predicted molar refractivity (Wildman–Crippen MR) is 113 cm³/mol. The lowest BCUT2D eigenvalue weighted by Crippen LogP contribution is -2.20. The molecule has 3 aromatic rings. The van der Waals surface area contributed by atoms with Crippen LogP contribution in [0.1, 0.15) is 27.6 Å². The molecule has 1 unspecified atom stereocenters. The molecule has 1 amide bonds. The predicted octanol–water partition coefficient (Wildman–Crippen LogP) is 4.63. The Morgan fingerprint density at radius 1 is 1.00 bits per heavy atom. The van der Waals surface area contributed by atoms with Gasteiger partial charge in [0, 0.05) is 16.7 Å². The van der Waals surface area contributed by atoms with Crippen LogP contribution in [-0.2, 0) is 0 Å². The summed E-state index contributed by atoms with van der Waals surface area (Å²) in [6.07, 6.45) is 3.36. The van der Waals surface area contributed by atoms with E-state index in [0.717, 1.165) is 22.4 Å². The smallest absolute Gasteiger partial charge is 0.271 e. The third-order valence-corrected chi connectivity index (χ3v) is 4.62. The number of rotatable bonds is 5. The summed E-state index contributed by atoms with van der Waals surface area (Å²) in [6, 6.07) is 24.6. The van der Waals surface area contributed by atoms with Crippen molar-refractivity contribution < 1.29 is 14.3 Å². The van der Waals surface area contributed by atoms with Gasteiger partial charge in [-0.05, 0) is 42.0 Å². The summed E-state index contributed by atoms with van der Waals surface area (Å²) in [5.41, 5.74) is 5.92. The number of para-hydroxylation sites is 1. The van der Waals surface area contributed by atoms with E-state index in [2.05, 4.69) is 10.5 Å². The van der Waals surface area contributed by atoms with Crippen LogP contribution in [0.4, 0.5) is 0 Å². The van der Waals surface area contributed by atoms with Gasteiger partial charge in [0.15, 0.2) is 6.10 Å². The third-order valence-electron chi connectivity index (χ3n) is 4.62. The van der Waals surface area contributed by atoms with Crippen molar-refractivity contribution in [3.05, 3.63) is 101 Å². The van der Waals surface area contributed by atoms with E-state index in [0.29, 0.717) is 11.3 Å². The second kappa shape index (κ2) is 8.44. The molecule has 3 aromatic carbocycles. The highest BCUT2D eigenvalue weighted by Gasteiger charge is 2.23. The summed E-state index contributed by atoms with van der Waals surface area (Å²) in [5, 5.41) is 4.16. The summed E-state index contributed by atoms with van der Waals surface area (Å²) in [5.74, 6) is 1.22. The van der Waals surface area contributed by atoms with E-state index in [4.69, 9.17) is 9.47 Å². The molecule has 0 aliphatic carbocycles. The van der Waals surface area contributed by atoms with E-state index >= 15 is 0 Å². The molecule has 1 heterocycles. The fourth-order valence-electron chi connectivity index (χ4n) is 3.12. The van der Waals surface area contributed by atoms with Gasteiger partial charge in [-0.3, -0.25) is 4.79 Å². The minimum Gasteiger partial charge on any atom is -0.497 e. The molecule has 5 heteroatoms. The van der Waals surface area contributed by atoms with Crippen molar-refractivity contribution in [1.29, 1.82) is 0 Å². The van der Waals surface area contributed by atoms with Gasteiger partial charge in [0.1, 0.15) is 11.5 Å². The van der Waals surface area contributed by atoms with E-state index in [1.165, 1.54) is 0 Å². The number of nitrogens with zero attached hydrogens (tertiary/aromatic N) is 1. The lowest BCUT2D eigenvalue weighted by atomic mass is 9.97. The molecule has 0 radical (unpaired) electrons. The number of carbonyl (C=O) groups excluding carboxylic acids is 1. The summed E-state index contributed by atoms with van der Waals surface area (Å²) < 4.78 is 11.3. The molecule has 4 rings (SSSR count). The first kappa shape index (κ1) is 18.5. The number of hydrazone groups is 1. The lowest BCUT2D eigenvalue weighted by Gasteiger charge is -2.25. The van der Waals surface area contributed by atoms with Crippen molar-refractivity contribution >= 4 is 18.2 Å². The number of fused-ring (bicyclic) bond motifs is 1. The van der Waals surface area contributed by atoms with Crippen LogP contribution >= 0.6 is 0 Å². The zero-order valence-electron chi connectivity index (χ0n) is 15.9. The second-order valence-corrected chi connectivity index (χ2v) is 6.52. The van der Waals surface area contributed by atoms with E-state index in [9.17, 15) is 4.79 Å². The van der Waals surface area contributed by atoms with Gasteiger partial charge < -0.3 is 9.47 Å². The molecule has 0 saturated heterocycles. The molecule has 1 N–H and O–H groups in total. The number of methoxy groups -OCH3 is 1. The second-order valence-electron chi connectivity index (χ2n) is 6.52. The van der Waals surface area contributed by atoms with Gasteiger partial charge in [-0.2, -0.15) is 5.10 Å². The molecule has 1 atom stereocenters. The number of carbonyl (C=O) groups is 1. The molecule has 144 valence electrons. The Morgan fingerprint density at radius 3 is 2.48 bits per heavy atom. The zero-order valence-corrected chi connectivity index (χ0v) is 15.9. The Labute approximate surface area is 169 Å². The maximum Gasteiger partial charge on any atom is 0.271 e. The van der Waals surface area contributed by atoms with Crippen molar-refractivity contribution in [3.63, 3.8) is 0 Å². The van der Waals surface area contributed by atoms with Crippen LogP contribution in [0.15, 0.2) is 89.5 Å². The molecule has 0 saturated carbocycles. The molecule has 0 bridgehead atoms. The fraction of sp³-hybridized carbons (Fsp3) is 0.0833. The third kappa shape index (κ3) is 4.19. The maximum atomic E-state index is 12.3. The topological polar surface area (TPSA) is 59.9 Å². The number of amides is 1. The first-order valence-electron chi connectivity index (χ1n) is 9.24. The number of nitrogens with one attached hydrogen (secondary N) is 1. The molecule has 1 aliphatic rings. The molecular formula is C24H20N2O3. The van der Waals surface area contributed by atoms with E-state index < -0.39 is 0 Å². The summed E-state index contributed by atoms with van der Waals surface area (Å²) >= 11 is 0. The van der Waals surface area contributed by atoms with Crippen molar-refractivity contribution in [2.24, 2.45) is 5.10 Å². The average molecular weight is 384 g/mol. The van der Waals surface area contributed by atoms with Crippen molar-refractivity contribution in [1.82, 2.24) is 5.43 Å². The first-order chi connectivity index (χ1) is 14.2. The van der Waals surface area contributed by atoms with Gasteiger partial charge in [0.05, 0.1) is 13.3 Å². The highest BCUT2D eigenvalue weighted by atomic mass is 16.5. The number of benzene rings is 3. The highest BCUT2D eigenvalue weighted by molar-refractivity contribution is 5.95. The van der Waals surface area contributed by atoms with Crippen LogP contribution in [0.25, 0.3) is 6.08 Å². The number of ether oxygens (including phenoxy) is 2. The van der Waals surface area contributed by atoms with Gasteiger partial charge in [-0.15, -0.1) is 0 Å². The van der Waals surface area contributed by atoms with Gasteiger partial charge >= 0.3 is 0 Å². The van der Waals surface area contributed by atoms with Crippen molar-refractivity contribution in [3.8, 4) is 11.5 Å². The maximum absolute atomic E-state index is 12.3. The zero-order chi connectivity index (χ0) is 20.1. The van der Waals surface area contributed by atoms with Crippen LogP contribution < -0.4 is 14.9 Å². The highest BCUT2D eigenvalue weighted by Crippen LogP contribution is 2.36. The van der Waals surface area contributed by atoms with Gasteiger partial charge in [0.2, 0.25) is 0 Å². The standard InChI is InChI=1S/C24H20N2O3/c1-28-21-13-11-18(12-14-21)24(27)26-25-16-20-15-19-9-5-6-10-22(19)29-23(20)17-7-3-2-4-8-17/h2-16,23H,1H3,(H,26,27)/b25-16+. The van der Waals surface area contributed by atoms with Crippen LogP contribution in [0.3, 0.4) is 0 Å². The van der Waals surface area contributed by atoms with Crippen LogP contribution in [-0.4, -0.2) is 19.2 Å². The molecular weight excluding hydrogens is 364 g/mol. The minimum atomic E-state index is -0.298. The monoisotopic (exact) mass is 384 g/mol. The molecule has 29 heavy (non-hydrogen) atoms. The number of hydrogen-bond acceptors (Lipinski definition) is 4. The average Bonchev–Trinajstić information content (AvgIpc) is 2.79.